The Balaban J connectivity index is 2.66. The third-order valence-electron chi connectivity index (χ3n) is 3.81. The number of esters is 1. The Hall–Kier alpha value is -1.55. The number of hydrogen-bond donors (Lipinski definition) is 2. The quantitative estimate of drug-likeness (QED) is 0.744. The summed E-state index contributed by atoms with van der Waals surface area (Å²) in [6.07, 6.45) is 1.85. The van der Waals surface area contributed by atoms with Crippen LogP contribution < -0.4 is 5.32 Å². The highest BCUT2D eigenvalue weighted by molar-refractivity contribution is 5.89. The lowest BCUT2D eigenvalue weighted by Gasteiger charge is -2.30. The van der Waals surface area contributed by atoms with Crippen LogP contribution in [0.4, 0.5) is 5.69 Å². The summed E-state index contributed by atoms with van der Waals surface area (Å²) in [5, 5.41) is 12.8. The molecular weight excluding hydrogens is 242 g/mol. The zero-order valence-corrected chi connectivity index (χ0v) is 11.9. The van der Waals surface area contributed by atoms with E-state index in [2.05, 4.69) is 23.9 Å². The molecule has 0 aliphatic carbocycles. The van der Waals surface area contributed by atoms with Crippen LogP contribution in [-0.4, -0.2) is 31.3 Å². The zero-order chi connectivity index (χ0) is 14.3. The summed E-state index contributed by atoms with van der Waals surface area (Å²) in [4.78, 5) is 11.3. The predicted octanol–water partition coefficient (Wildman–Crippen LogP) is 2.68. The van der Waals surface area contributed by atoms with Crippen LogP contribution in [0.15, 0.2) is 24.3 Å². The van der Waals surface area contributed by atoms with Gasteiger partial charge in [0.25, 0.3) is 0 Å². The Morgan fingerprint density at radius 3 is 2.26 bits per heavy atom. The molecule has 4 heteroatoms. The molecule has 106 valence electrons. The number of carbonyl (C=O) groups excluding carboxylic acids is 1. The monoisotopic (exact) mass is 265 g/mol. The lowest BCUT2D eigenvalue weighted by Crippen LogP contribution is -2.32. The summed E-state index contributed by atoms with van der Waals surface area (Å²) in [7, 11) is 1.37. The van der Waals surface area contributed by atoms with Gasteiger partial charge in [-0.05, 0) is 37.1 Å². The van der Waals surface area contributed by atoms with E-state index in [0.29, 0.717) is 12.1 Å². The molecule has 1 rings (SSSR count). The van der Waals surface area contributed by atoms with Crippen LogP contribution in [0.25, 0.3) is 0 Å². The molecule has 0 aliphatic rings. The lowest BCUT2D eigenvalue weighted by atomic mass is 9.83. The highest BCUT2D eigenvalue weighted by atomic mass is 16.5. The Morgan fingerprint density at radius 1 is 1.26 bits per heavy atom. The second-order valence-corrected chi connectivity index (χ2v) is 4.79. The van der Waals surface area contributed by atoms with Crippen molar-refractivity contribution in [2.24, 2.45) is 5.41 Å². The number of carbonyl (C=O) groups is 1. The van der Waals surface area contributed by atoms with E-state index in [-0.39, 0.29) is 18.0 Å². The van der Waals surface area contributed by atoms with Crippen molar-refractivity contribution in [3.05, 3.63) is 29.8 Å². The van der Waals surface area contributed by atoms with E-state index in [0.717, 1.165) is 18.5 Å². The maximum absolute atomic E-state index is 11.3. The SMILES string of the molecule is CCC(CC)(CO)CNc1ccc(C(=O)OC)cc1. The largest absolute Gasteiger partial charge is 0.465 e. The highest BCUT2D eigenvalue weighted by Gasteiger charge is 2.24. The van der Waals surface area contributed by atoms with Crippen molar-refractivity contribution in [3.8, 4) is 0 Å². The van der Waals surface area contributed by atoms with Crippen LogP contribution >= 0.6 is 0 Å². The van der Waals surface area contributed by atoms with E-state index in [9.17, 15) is 9.90 Å². The van der Waals surface area contributed by atoms with E-state index in [4.69, 9.17) is 0 Å². The maximum atomic E-state index is 11.3. The average Bonchev–Trinajstić information content (AvgIpc) is 2.49. The van der Waals surface area contributed by atoms with Gasteiger partial charge in [0, 0.05) is 17.6 Å². The van der Waals surface area contributed by atoms with E-state index < -0.39 is 0 Å². The zero-order valence-electron chi connectivity index (χ0n) is 11.9. The number of hydrogen-bond acceptors (Lipinski definition) is 4. The van der Waals surface area contributed by atoms with Crippen LogP contribution in [0, 0.1) is 5.41 Å². The fraction of sp³-hybridized carbons (Fsp3) is 0.533. The van der Waals surface area contributed by atoms with E-state index in [1.54, 1.807) is 12.1 Å². The fourth-order valence-corrected chi connectivity index (χ4v) is 1.91. The molecule has 1 aromatic carbocycles. The van der Waals surface area contributed by atoms with Crippen molar-refractivity contribution >= 4 is 11.7 Å². The van der Waals surface area contributed by atoms with Crippen LogP contribution in [0.2, 0.25) is 0 Å². The van der Waals surface area contributed by atoms with Gasteiger partial charge in [-0.1, -0.05) is 13.8 Å². The van der Waals surface area contributed by atoms with E-state index in [1.165, 1.54) is 7.11 Å². The lowest BCUT2D eigenvalue weighted by molar-refractivity contribution is 0.0601. The Labute approximate surface area is 114 Å². The summed E-state index contributed by atoms with van der Waals surface area (Å²) in [6.45, 7) is 5.06. The molecule has 0 heterocycles. The first-order chi connectivity index (χ1) is 9.10. The van der Waals surface area contributed by atoms with Gasteiger partial charge < -0.3 is 15.2 Å². The van der Waals surface area contributed by atoms with Gasteiger partial charge >= 0.3 is 5.97 Å². The van der Waals surface area contributed by atoms with Gasteiger partial charge in [-0.25, -0.2) is 4.79 Å². The number of aliphatic hydroxyl groups is 1. The summed E-state index contributed by atoms with van der Waals surface area (Å²) < 4.78 is 4.65. The van der Waals surface area contributed by atoms with E-state index in [1.807, 2.05) is 12.1 Å². The second kappa shape index (κ2) is 7.14. The Bertz CT molecular complexity index is 388. The van der Waals surface area contributed by atoms with Gasteiger partial charge in [0.2, 0.25) is 0 Å². The minimum Gasteiger partial charge on any atom is -0.465 e. The van der Waals surface area contributed by atoms with Gasteiger partial charge in [0.1, 0.15) is 0 Å². The molecule has 0 radical (unpaired) electrons. The molecule has 1 aromatic rings. The molecule has 2 N–H and O–H groups in total. The van der Waals surface area contributed by atoms with Crippen LogP contribution in [0.1, 0.15) is 37.0 Å². The molecule has 0 aliphatic heterocycles. The molecule has 0 spiro atoms. The van der Waals surface area contributed by atoms with Crippen LogP contribution in [0.5, 0.6) is 0 Å². The average molecular weight is 265 g/mol. The molecule has 0 fully saturated rings. The molecule has 19 heavy (non-hydrogen) atoms. The minimum atomic E-state index is -0.335. The molecule has 0 bridgehead atoms. The van der Waals surface area contributed by atoms with Gasteiger partial charge in [0.05, 0.1) is 19.3 Å². The first-order valence-electron chi connectivity index (χ1n) is 6.64. The molecule has 4 nitrogen and oxygen atoms in total. The summed E-state index contributed by atoms with van der Waals surface area (Å²) >= 11 is 0. The standard InChI is InChI=1S/C15H23NO3/c1-4-15(5-2,11-17)10-16-13-8-6-12(7-9-13)14(18)19-3/h6-9,16-17H,4-5,10-11H2,1-3H3. The Kier molecular flexibility index (Phi) is 5.83. The number of methoxy groups -OCH3 is 1. The predicted molar refractivity (Wildman–Crippen MR) is 76.4 cm³/mol. The van der Waals surface area contributed by atoms with Crippen molar-refractivity contribution in [2.45, 2.75) is 26.7 Å². The number of rotatable bonds is 7. The topological polar surface area (TPSA) is 58.6 Å². The first-order valence-corrected chi connectivity index (χ1v) is 6.64. The molecule has 0 amide bonds. The van der Waals surface area contributed by atoms with Crippen molar-refractivity contribution in [1.29, 1.82) is 0 Å². The van der Waals surface area contributed by atoms with Gasteiger partial charge in [-0.3, -0.25) is 0 Å². The van der Waals surface area contributed by atoms with E-state index >= 15 is 0 Å². The first kappa shape index (κ1) is 15.5. The van der Waals surface area contributed by atoms with Gasteiger partial charge in [-0.15, -0.1) is 0 Å². The van der Waals surface area contributed by atoms with Crippen LogP contribution in [0.3, 0.4) is 0 Å². The third kappa shape index (κ3) is 3.96. The number of aliphatic hydroxyl groups excluding tert-OH is 1. The smallest absolute Gasteiger partial charge is 0.337 e. The normalized spacial score (nSPS) is 11.2. The van der Waals surface area contributed by atoms with Crippen molar-refractivity contribution in [2.75, 3.05) is 25.6 Å². The van der Waals surface area contributed by atoms with Crippen molar-refractivity contribution < 1.29 is 14.6 Å². The maximum Gasteiger partial charge on any atom is 0.337 e. The number of nitrogens with one attached hydrogen (secondary N) is 1. The number of benzene rings is 1. The number of ether oxygens (including phenoxy) is 1. The Morgan fingerprint density at radius 2 is 1.84 bits per heavy atom. The molecule has 0 aromatic heterocycles. The van der Waals surface area contributed by atoms with Crippen LogP contribution in [-0.2, 0) is 4.74 Å². The summed E-state index contributed by atoms with van der Waals surface area (Å²) in [6, 6.07) is 7.15. The molecule has 0 saturated carbocycles. The van der Waals surface area contributed by atoms with Gasteiger partial charge in [-0.2, -0.15) is 0 Å². The highest BCUT2D eigenvalue weighted by Crippen LogP contribution is 2.26. The molecular formula is C15H23NO3. The molecule has 0 saturated heterocycles. The molecule has 0 atom stereocenters. The summed E-state index contributed by atoms with van der Waals surface area (Å²) in [5.41, 5.74) is 1.39. The number of anilines is 1. The fourth-order valence-electron chi connectivity index (χ4n) is 1.91. The van der Waals surface area contributed by atoms with Crippen molar-refractivity contribution in [3.63, 3.8) is 0 Å². The van der Waals surface area contributed by atoms with Crippen molar-refractivity contribution in [1.82, 2.24) is 0 Å². The molecule has 0 unspecified atom stereocenters. The summed E-state index contributed by atoms with van der Waals surface area (Å²) in [5.74, 6) is -0.335. The minimum absolute atomic E-state index is 0.0823. The van der Waals surface area contributed by atoms with Gasteiger partial charge in [0.15, 0.2) is 0 Å². The third-order valence-corrected chi connectivity index (χ3v) is 3.81. The second-order valence-electron chi connectivity index (χ2n) is 4.79.